The smallest absolute Gasteiger partial charge is 0.214 e. The average molecular weight is 408 g/mol. The van der Waals surface area contributed by atoms with Gasteiger partial charge in [0.05, 0.1) is 12.9 Å². The van der Waals surface area contributed by atoms with Crippen molar-refractivity contribution in [2.24, 2.45) is 17.6 Å². The largest absolute Gasteiger partial charge is 0.497 e. The van der Waals surface area contributed by atoms with E-state index in [0.29, 0.717) is 25.0 Å². The Hall–Kier alpha value is -1.15. The van der Waals surface area contributed by atoms with Crippen molar-refractivity contribution in [2.75, 3.05) is 39.0 Å². The minimum atomic E-state index is -3.28. The van der Waals surface area contributed by atoms with Crippen molar-refractivity contribution in [3.63, 3.8) is 0 Å². The normalized spacial score (nSPS) is 29.5. The van der Waals surface area contributed by atoms with Gasteiger partial charge in [-0.2, -0.15) is 4.31 Å². The highest BCUT2D eigenvalue weighted by Gasteiger charge is 2.45. The molecule has 3 aliphatic heterocycles. The van der Waals surface area contributed by atoms with Crippen LogP contribution < -0.4 is 10.5 Å². The monoisotopic (exact) mass is 407 g/mol. The fourth-order valence-corrected chi connectivity index (χ4v) is 7.51. The van der Waals surface area contributed by atoms with E-state index in [1.54, 1.807) is 7.11 Å². The summed E-state index contributed by atoms with van der Waals surface area (Å²) < 4.78 is 33.5. The van der Waals surface area contributed by atoms with E-state index in [0.717, 1.165) is 44.5 Å². The number of hydrogen-bond acceptors (Lipinski definition) is 5. The Kier molecular flexibility index (Phi) is 5.71. The van der Waals surface area contributed by atoms with E-state index in [9.17, 15) is 8.42 Å². The molecular weight excluding hydrogens is 374 g/mol. The Morgan fingerprint density at radius 1 is 1.32 bits per heavy atom. The molecule has 4 rings (SSSR count). The van der Waals surface area contributed by atoms with Crippen LogP contribution in [-0.4, -0.2) is 62.7 Å². The first-order valence-electron chi connectivity index (χ1n) is 10.5. The molecule has 2 N–H and O–H groups in total. The molecule has 2 fully saturated rings. The van der Waals surface area contributed by atoms with Crippen molar-refractivity contribution < 1.29 is 13.2 Å². The van der Waals surface area contributed by atoms with E-state index in [-0.39, 0.29) is 17.7 Å². The van der Waals surface area contributed by atoms with Crippen molar-refractivity contribution in [1.82, 2.24) is 9.21 Å². The van der Waals surface area contributed by atoms with Crippen LogP contribution in [0.25, 0.3) is 0 Å². The maximum Gasteiger partial charge on any atom is 0.214 e. The number of hydrogen-bond donors (Lipinski definition) is 1. The molecule has 2 saturated heterocycles. The van der Waals surface area contributed by atoms with Crippen LogP contribution in [-0.2, 0) is 16.4 Å². The summed E-state index contributed by atoms with van der Waals surface area (Å²) in [6.45, 7) is 5.03. The van der Waals surface area contributed by atoms with Gasteiger partial charge in [-0.25, -0.2) is 8.42 Å². The van der Waals surface area contributed by atoms with Crippen LogP contribution in [0.15, 0.2) is 18.2 Å². The quantitative estimate of drug-likeness (QED) is 0.808. The lowest BCUT2D eigenvalue weighted by atomic mass is 9.77. The Bertz CT molecular complexity index is 813. The molecule has 6 nitrogen and oxygen atoms in total. The fraction of sp³-hybridized carbons (Fsp3) is 0.714. The van der Waals surface area contributed by atoms with Gasteiger partial charge in [-0.3, -0.25) is 4.90 Å². The molecule has 0 aromatic heterocycles. The lowest BCUT2D eigenvalue weighted by Crippen LogP contribution is -2.58. The number of fused-ring (bicyclic) bond motifs is 4. The van der Waals surface area contributed by atoms with Crippen LogP contribution in [0.1, 0.15) is 43.4 Å². The van der Waals surface area contributed by atoms with Gasteiger partial charge in [0.25, 0.3) is 0 Å². The van der Waals surface area contributed by atoms with Crippen LogP contribution >= 0.6 is 0 Å². The van der Waals surface area contributed by atoms with Crippen LogP contribution in [0.5, 0.6) is 5.75 Å². The number of rotatable bonds is 5. The van der Waals surface area contributed by atoms with Gasteiger partial charge in [0.15, 0.2) is 0 Å². The highest BCUT2D eigenvalue weighted by atomic mass is 32.2. The maximum atomic E-state index is 13.1. The first-order valence-corrected chi connectivity index (χ1v) is 12.1. The first kappa shape index (κ1) is 20.1. The zero-order valence-electron chi connectivity index (χ0n) is 17.0. The minimum Gasteiger partial charge on any atom is -0.497 e. The van der Waals surface area contributed by atoms with Crippen molar-refractivity contribution in [2.45, 2.75) is 44.7 Å². The zero-order valence-corrected chi connectivity index (χ0v) is 17.8. The molecule has 0 amide bonds. The second kappa shape index (κ2) is 7.94. The predicted octanol–water partition coefficient (Wildman–Crippen LogP) is 2.00. The molecule has 3 aliphatic rings. The maximum absolute atomic E-state index is 13.1. The van der Waals surface area contributed by atoms with Crippen molar-refractivity contribution >= 4 is 10.0 Å². The molecule has 1 aromatic rings. The SMILES string of the molecule is COc1ccc2c(c1)CCN1C[C@H]3CCCN(S(=O)(=O)CC(C)CN)[C@H]3C[C@@H]21. The van der Waals surface area contributed by atoms with E-state index in [1.165, 1.54) is 11.1 Å². The predicted molar refractivity (Wildman–Crippen MR) is 111 cm³/mol. The summed E-state index contributed by atoms with van der Waals surface area (Å²) in [4.78, 5) is 2.58. The van der Waals surface area contributed by atoms with Gasteiger partial charge in [-0.15, -0.1) is 0 Å². The van der Waals surface area contributed by atoms with Crippen LogP contribution in [0.2, 0.25) is 0 Å². The van der Waals surface area contributed by atoms with Crippen LogP contribution in [0, 0.1) is 11.8 Å². The van der Waals surface area contributed by atoms with Gasteiger partial charge in [0.2, 0.25) is 10.0 Å². The Labute approximate surface area is 169 Å². The minimum absolute atomic E-state index is 0.00617. The van der Waals surface area contributed by atoms with Crippen molar-refractivity contribution in [3.8, 4) is 5.75 Å². The third kappa shape index (κ3) is 3.70. The molecule has 1 aromatic carbocycles. The topological polar surface area (TPSA) is 75.9 Å². The van der Waals surface area contributed by atoms with E-state index in [2.05, 4.69) is 17.0 Å². The Morgan fingerprint density at radius 2 is 2.14 bits per heavy atom. The number of benzene rings is 1. The van der Waals surface area contributed by atoms with Gasteiger partial charge < -0.3 is 10.5 Å². The summed E-state index contributed by atoms with van der Waals surface area (Å²) in [5.74, 6) is 1.49. The number of methoxy groups -OCH3 is 1. The highest BCUT2D eigenvalue weighted by molar-refractivity contribution is 7.89. The number of piperidine rings is 2. The lowest BCUT2D eigenvalue weighted by Gasteiger charge is -2.51. The second-order valence-corrected chi connectivity index (χ2v) is 10.7. The molecule has 0 radical (unpaired) electrons. The summed E-state index contributed by atoms with van der Waals surface area (Å²) in [6, 6.07) is 6.78. The molecule has 4 atom stereocenters. The summed E-state index contributed by atoms with van der Waals surface area (Å²) >= 11 is 0. The third-order valence-corrected chi connectivity index (χ3v) is 9.03. The van der Waals surface area contributed by atoms with Crippen LogP contribution in [0.4, 0.5) is 0 Å². The molecule has 7 heteroatoms. The number of ether oxygens (including phenoxy) is 1. The molecule has 0 bridgehead atoms. The van der Waals surface area contributed by atoms with Gasteiger partial charge in [-0.05, 0) is 67.3 Å². The van der Waals surface area contributed by atoms with Crippen LogP contribution in [0.3, 0.4) is 0 Å². The molecular formula is C21H33N3O3S. The summed E-state index contributed by atoms with van der Waals surface area (Å²) in [6.07, 6.45) is 4.02. The fourth-order valence-electron chi connectivity index (χ4n) is 5.39. The number of nitrogens with zero attached hydrogens (tertiary/aromatic N) is 2. The van der Waals surface area contributed by atoms with E-state index < -0.39 is 10.0 Å². The van der Waals surface area contributed by atoms with Gasteiger partial charge in [-0.1, -0.05) is 13.0 Å². The van der Waals surface area contributed by atoms with Gasteiger partial charge >= 0.3 is 0 Å². The molecule has 3 heterocycles. The Morgan fingerprint density at radius 3 is 2.89 bits per heavy atom. The van der Waals surface area contributed by atoms with E-state index >= 15 is 0 Å². The average Bonchev–Trinajstić information content (AvgIpc) is 2.70. The molecule has 0 spiro atoms. The van der Waals surface area contributed by atoms with Gasteiger partial charge in [0.1, 0.15) is 5.75 Å². The molecule has 28 heavy (non-hydrogen) atoms. The second-order valence-electron chi connectivity index (χ2n) is 8.76. The van der Waals surface area contributed by atoms with Crippen molar-refractivity contribution in [1.29, 1.82) is 0 Å². The number of sulfonamides is 1. The zero-order chi connectivity index (χ0) is 19.9. The van der Waals surface area contributed by atoms with Gasteiger partial charge in [0, 0.05) is 31.7 Å². The molecule has 0 saturated carbocycles. The molecule has 156 valence electrons. The summed E-state index contributed by atoms with van der Waals surface area (Å²) in [5.41, 5.74) is 8.40. The lowest BCUT2D eigenvalue weighted by molar-refractivity contribution is 0.0218. The Balaban J connectivity index is 1.60. The van der Waals surface area contributed by atoms with E-state index in [1.807, 2.05) is 17.3 Å². The molecule has 0 aliphatic carbocycles. The summed E-state index contributed by atoms with van der Waals surface area (Å²) in [5, 5.41) is 0. The first-order chi connectivity index (χ1) is 13.4. The molecule has 1 unspecified atom stereocenters. The third-order valence-electron chi connectivity index (χ3n) is 6.87. The highest BCUT2D eigenvalue weighted by Crippen LogP contribution is 2.44. The number of nitrogens with two attached hydrogens (primary N) is 1. The summed E-state index contributed by atoms with van der Waals surface area (Å²) in [7, 11) is -1.57. The standard InChI is InChI=1S/C21H33N3O3S/c1-15(12-22)14-28(25,26)24-8-3-4-17-13-23-9-7-16-10-18(27-2)5-6-19(16)21(23)11-20(17)24/h5-6,10,15,17,20-21H,3-4,7-9,11-14,22H2,1-2H3/t15?,17-,20+,21+/m1/s1. The van der Waals surface area contributed by atoms with Crippen molar-refractivity contribution in [3.05, 3.63) is 29.3 Å². The van der Waals surface area contributed by atoms with E-state index in [4.69, 9.17) is 10.5 Å².